The Morgan fingerprint density at radius 1 is 1.00 bits per heavy atom. The van der Waals surface area contributed by atoms with E-state index in [1.165, 1.54) is 18.2 Å². The number of hydrogen-bond acceptors (Lipinski definition) is 3. The largest absolute Gasteiger partial charge is 0.332 e. The van der Waals surface area contributed by atoms with E-state index in [2.05, 4.69) is 10.6 Å². The van der Waals surface area contributed by atoms with Gasteiger partial charge in [-0.05, 0) is 36.5 Å². The smallest absolute Gasteiger partial charge is 0.269 e. The molecule has 5 nitrogen and oxygen atoms in total. The third-order valence-electron chi connectivity index (χ3n) is 2.59. The van der Waals surface area contributed by atoms with Gasteiger partial charge in [-0.1, -0.05) is 34.8 Å². The summed E-state index contributed by atoms with van der Waals surface area (Å²) < 4.78 is 0. The van der Waals surface area contributed by atoms with Gasteiger partial charge in [0.2, 0.25) is 0 Å². The van der Waals surface area contributed by atoms with Crippen molar-refractivity contribution in [1.82, 2.24) is 0 Å². The minimum absolute atomic E-state index is 0.00282. The molecular weight excluding hydrogens is 369 g/mol. The number of nitro benzene ring substituents is 1. The third kappa shape index (κ3) is 4.20. The first-order valence-electron chi connectivity index (χ1n) is 5.84. The van der Waals surface area contributed by atoms with Crippen molar-refractivity contribution in [3.63, 3.8) is 0 Å². The second-order valence-electron chi connectivity index (χ2n) is 4.13. The maximum Gasteiger partial charge on any atom is 0.269 e. The Kier molecular flexibility index (Phi) is 5.42. The van der Waals surface area contributed by atoms with E-state index < -0.39 is 4.92 Å². The van der Waals surface area contributed by atoms with Gasteiger partial charge in [-0.2, -0.15) is 0 Å². The number of thiocarbonyl (C=S) groups is 1. The van der Waals surface area contributed by atoms with Gasteiger partial charge < -0.3 is 10.6 Å². The number of nitrogens with one attached hydrogen (secondary N) is 2. The van der Waals surface area contributed by atoms with E-state index in [0.717, 1.165) is 0 Å². The first-order chi connectivity index (χ1) is 10.4. The lowest BCUT2D eigenvalue weighted by Crippen LogP contribution is -2.19. The molecule has 0 aliphatic carbocycles. The van der Waals surface area contributed by atoms with Gasteiger partial charge in [0.1, 0.15) is 0 Å². The molecule has 0 bridgehead atoms. The fraction of sp³-hybridized carbons (Fsp3) is 0. The maximum atomic E-state index is 10.6. The number of rotatable bonds is 3. The number of nitrogens with zero attached hydrogens (tertiary/aromatic N) is 1. The zero-order chi connectivity index (χ0) is 16.3. The van der Waals surface area contributed by atoms with Gasteiger partial charge in [-0.3, -0.25) is 10.1 Å². The molecule has 2 rings (SSSR count). The van der Waals surface area contributed by atoms with E-state index in [-0.39, 0.29) is 10.8 Å². The molecule has 2 aromatic rings. The molecule has 0 spiro atoms. The van der Waals surface area contributed by atoms with Crippen molar-refractivity contribution in [3.8, 4) is 0 Å². The van der Waals surface area contributed by atoms with E-state index in [1.807, 2.05) is 0 Å². The minimum Gasteiger partial charge on any atom is -0.332 e. The lowest BCUT2D eigenvalue weighted by molar-refractivity contribution is -0.384. The van der Waals surface area contributed by atoms with Gasteiger partial charge >= 0.3 is 0 Å². The van der Waals surface area contributed by atoms with Gasteiger partial charge in [-0.25, -0.2) is 0 Å². The Labute approximate surface area is 146 Å². The highest BCUT2D eigenvalue weighted by Gasteiger charge is 2.08. The van der Waals surface area contributed by atoms with Crippen LogP contribution in [0.25, 0.3) is 0 Å². The zero-order valence-electron chi connectivity index (χ0n) is 10.8. The molecule has 0 saturated carbocycles. The van der Waals surface area contributed by atoms with Gasteiger partial charge in [0.15, 0.2) is 5.11 Å². The monoisotopic (exact) mass is 375 g/mol. The summed E-state index contributed by atoms with van der Waals surface area (Å²) in [5.74, 6) is 0. The van der Waals surface area contributed by atoms with Crippen molar-refractivity contribution in [3.05, 3.63) is 61.6 Å². The minimum atomic E-state index is -0.476. The van der Waals surface area contributed by atoms with Crippen LogP contribution in [0.5, 0.6) is 0 Å². The van der Waals surface area contributed by atoms with Crippen molar-refractivity contribution >= 4 is 69.2 Å². The van der Waals surface area contributed by atoms with Gasteiger partial charge in [0.05, 0.1) is 25.7 Å². The molecule has 0 amide bonds. The summed E-state index contributed by atoms with van der Waals surface area (Å²) in [6, 6.07) is 8.89. The van der Waals surface area contributed by atoms with Crippen LogP contribution in [-0.4, -0.2) is 10.0 Å². The van der Waals surface area contributed by atoms with Crippen molar-refractivity contribution in [1.29, 1.82) is 0 Å². The van der Waals surface area contributed by atoms with Crippen LogP contribution in [0.15, 0.2) is 36.4 Å². The van der Waals surface area contributed by atoms with Crippen molar-refractivity contribution in [2.75, 3.05) is 10.6 Å². The summed E-state index contributed by atoms with van der Waals surface area (Å²) in [6.07, 6.45) is 0. The summed E-state index contributed by atoms with van der Waals surface area (Å²) >= 11 is 22.9. The molecule has 9 heteroatoms. The Morgan fingerprint density at radius 2 is 1.59 bits per heavy atom. The van der Waals surface area contributed by atoms with E-state index in [4.69, 9.17) is 47.0 Å². The fourth-order valence-corrected chi connectivity index (χ4v) is 2.39. The number of halogens is 3. The number of hydrogen-bond donors (Lipinski definition) is 2. The summed E-state index contributed by atoms with van der Waals surface area (Å²) in [4.78, 5) is 10.1. The highest BCUT2D eigenvalue weighted by atomic mass is 35.5. The topological polar surface area (TPSA) is 67.2 Å². The molecule has 0 aliphatic heterocycles. The molecule has 114 valence electrons. The van der Waals surface area contributed by atoms with Gasteiger partial charge in [-0.15, -0.1) is 0 Å². The quantitative estimate of drug-likeness (QED) is 0.326. The van der Waals surface area contributed by atoms with Crippen LogP contribution in [0.1, 0.15) is 0 Å². The first-order valence-corrected chi connectivity index (χ1v) is 7.38. The number of non-ortho nitro benzene ring substituents is 1. The van der Waals surface area contributed by atoms with Crippen LogP contribution in [0, 0.1) is 10.1 Å². The molecule has 0 aliphatic rings. The Hall–Kier alpha value is -1.60. The molecule has 0 saturated heterocycles. The summed E-state index contributed by atoms with van der Waals surface area (Å²) in [7, 11) is 0. The second kappa shape index (κ2) is 7.11. The van der Waals surface area contributed by atoms with Crippen molar-refractivity contribution in [2.45, 2.75) is 0 Å². The lowest BCUT2D eigenvalue weighted by atomic mass is 10.3. The van der Waals surface area contributed by atoms with Crippen LogP contribution in [0.3, 0.4) is 0 Å². The molecule has 2 aromatic carbocycles. The molecule has 0 fully saturated rings. The highest BCUT2D eigenvalue weighted by molar-refractivity contribution is 7.80. The average molecular weight is 377 g/mol. The van der Waals surface area contributed by atoms with Crippen molar-refractivity contribution in [2.24, 2.45) is 0 Å². The molecular formula is C13H8Cl3N3O2S. The fourth-order valence-electron chi connectivity index (χ4n) is 1.57. The Bertz CT molecular complexity index is 738. The van der Waals surface area contributed by atoms with Crippen LogP contribution < -0.4 is 10.6 Å². The molecule has 22 heavy (non-hydrogen) atoms. The lowest BCUT2D eigenvalue weighted by Gasteiger charge is -2.12. The number of benzene rings is 2. The second-order valence-corrected chi connectivity index (χ2v) is 5.76. The predicted octanol–water partition coefficient (Wildman–Crippen LogP) is 5.36. The molecule has 0 heterocycles. The third-order valence-corrected chi connectivity index (χ3v) is 3.83. The Balaban J connectivity index is 2.07. The van der Waals surface area contributed by atoms with E-state index in [1.54, 1.807) is 18.2 Å². The molecule has 0 atom stereocenters. The SMILES string of the molecule is O=[N+]([O-])c1ccc(NC(=S)Nc2cc(Cl)c(Cl)cc2Cl)cc1. The van der Waals surface area contributed by atoms with Crippen LogP contribution in [0.2, 0.25) is 15.1 Å². The molecule has 2 N–H and O–H groups in total. The number of nitro groups is 1. The van der Waals surface area contributed by atoms with Crippen LogP contribution >= 0.6 is 47.0 Å². The predicted molar refractivity (Wildman–Crippen MR) is 94.4 cm³/mol. The number of anilines is 2. The normalized spacial score (nSPS) is 10.1. The molecule has 0 unspecified atom stereocenters. The standard InChI is InChI=1S/C13H8Cl3N3O2S/c14-9-5-11(16)12(6-10(9)15)18-13(22)17-7-1-3-8(4-2-7)19(20)21/h1-6H,(H2,17,18,22). The van der Waals surface area contributed by atoms with Gasteiger partial charge in [0, 0.05) is 17.8 Å². The summed E-state index contributed by atoms with van der Waals surface area (Å²) in [6.45, 7) is 0. The van der Waals surface area contributed by atoms with E-state index in [9.17, 15) is 10.1 Å². The summed E-state index contributed by atoms with van der Waals surface area (Å²) in [5.41, 5.74) is 1.09. The van der Waals surface area contributed by atoms with Crippen molar-refractivity contribution < 1.29 is 4.92 Å². The molecule has 0 aromatic heterocycles. The van der Waals surface area contributed by atoms with Gasteiger partial charge in [0.25, 0.3) is 5.69 Å². The zero-order valence-corrected chi connectivity index (χ0v) is 13.9. The molecule has 0 radical (unpaired) electrons. The first kappa shape index (κ1) is 16.8. The summed E-state index contributed by atoms with van der Waals surface area (Å²) in [5, 5.41) is 17.6. The Morgan fingerprint density at radius 3 is 2.18 bits per heavy atom. The van der Waals surface area contributed by atoms with E-state index >= 15 is 0 Å². The van der Waals surface area contributed by atoms with Crippen LogP contribution in [0.4, 0.5) is 17.1 Å². The average Bonchev–Trinajstić information content (AvgIpc) is 2.45. The van der Waals surface area contributed by atoms with Crippen LogP contribution in [-0.2, 0) is 0 Å². The highest BCUT2D eigenvalue weighted by Crippen LogP contribution is 2.32. The maximum absolute atomic E-state index is 10.6. The van der Waals surface area contributed by atoms with E-state index in [0.29, 0.717) is 26.4 Å².